The SMILES string of the molecule is N#Cc1ccc(Br)cc1NC(=O)C1CSCCN1. The van der Waals surface area contributed by atoms with Gasteiger partial charge in [0.2, 0.25) is 5.91 Å². The third-order valence-corrected chi connectivity index (χ3v) is 4.15. The van der Waals surface area contributed by atoms with Gasteiger partial charge in [-0.2, -0.15) is 17.0 Å². The Balaban J connectivity index is 2.11. The molecule has 0 spiro atoms. The number of nitrogens with one attached hydrogen (secondary N) is 2. The highest BCUT2D eigenvalue weighted by Gasteiger charge is 2.21. The summed E-state index contributed by atoms with van der Waals surface area (Å²) in [4.78, 5) is 12.0. The number of thioether (sulfide) groups is 1. The first kappa shape index (κ1) is 13.4. The highest BCUT2D eigenvalue weighted by Crippen LogP contribution is 2.21. The molecular weight excluding hydrogens is 314 g/mol. The Morgan fingerprint density at radius 2 is 2.44 bits per heavy atom. The maximum atomic E-state index is 12.0. The van der Waals surface area contributed by atoms with E-state index in [0.29, 0.717) is 11.3 Å². The molecule has 0 radical (unpaired) electrons. The number of carbonyl (C=O) groups excluding carboxylic acids is 1. The van der Waals surface area contributed by atoms with E-state index in [1.165, 1.54) is 0 Å². The zero-order chi connectivity index (χ0) is 13.0. The molecule has 1 heterocycles. The van der Waals surface area contributed by atoms with Crippen LogP contribution in [0.4, 0.5) is 5.69 Å². The smallest absolute Gasteiger partial charge is 0.242 e. The standard InChI is InChI=1S/C12H12BrN3OS/c13-9-2-1-8(6-14)10(5-9)16-12(17)11-7-18-4-3-15-11/h1-2,5,11,15H,3-4,7H2,(H,16,17). The van der Waals surface area contributed by atoms with Gasteiger partial charge >= 0.3 is 0 Å². The van der Waals surface area contributed by atoms with E-state index < -0.39 is 0 Å². The number of amides is 1. The average Bonchev–Trinajstić information content (AvgIpc) is 2.40. The predicted molar refractivity (Wildman–Crippen MR) is 76.6 cm³/mol. The topological polar surface area (TPSA) is 64.9 Å². The van der Waals surface area contributed by atoms with Gasteiger partial charge in [0.1, 0.15) is 6.07 Å². The lowest BCUT2D eigenvalue weighted by Gasteiger charge is -2.22. The number of nitrogens with zero attached hydrogens (tertiary/aromatic N) is 1. The molecule has 1 fully saturated rings. The van der Waals surface area contributed by atoms with Crippen LogP contribution < -0.4 is 10.6 Å². The average molecular weight is 326 g/mol. The summed E-state index contributed by atoms with van der Waals surface area (Å²) >= 11 is 5.09. The minimum atomic E-state index is -0.186. The summed E-state index contributed by atoms with van der Waals surface area (Å²) in [5.41, 5.74) is 1.02. The number of hydrogen-bond acceptors (Lipinski definition) is 4. The number of carbonyl (C=O) groups is 1. The van der Waals surface area contributed by atoms with Crippen molar-refractivity contribution < 1.29 is 4.79 Å². The van der Waals surface area contributed by atoms with Crippen molar-refractivity contribution in [3.05, 3.63) is 28.2 Å². The van der Waals surface area contributed by atoms with Crippen molar-refractivity contribution in [1.82, 2.24) is 5.32 Å². The van der Waals surface area contributed by atoms with Crippen molar-refractivity contribution in [1.29, 1.82) is 5.26 Å². The minimum Gasteiger partial charge on any atom is -0.323 e. The van der Waals surface area contributed by atoms with Crippen molar-refractivity contribution >= 4 is 39.3 Å². The second-order valence-corrected chi connectivity index (χ2v) is 5.94. The van der Waals surface area contributed by atoms with Crippen LogP contribution in [0.2, 0.25) is 0 Å². The number of nitriles is 1. The zero-order valence-electron chi connectivity index (χ0n) is 9.57. The molecule has 0 bridgehead atoms. The van der Waals surface area contributed by atoms with Gasteiger partial charge in [0, 0.05) is 22.5 Å². The molecule has 1 aliphatic rings. The van der Waals surface area contributed by atoms with Gasteiger partial charge in [0.25, 0.3) is 0 Å². The molecule has 1 aromatic carbocycles. The van der Waals surface area contributed by atoms with E-state index in [-0.39, 0.29) is 11.9 Å². The number of benzene rings is 1. The molecule has 94 valence electrons. The van der Waals surface area contributed by atoms with Gasteiger partial charge in [0.15, 0.2) is 0 Å². The monoisotopic (exact) mass is 325 g/mol. The second kappa shape index (κ2) is 6.23. The van der Waals surface area contributed by atoms with Crippen molar-refractivity contribution in [2.45, 2.75) is 6.04 Å². The van der Waals surface area contributed by atoms with Gasteiger partial charge < -0.3 is 10.6 Å². The Morgan fingerprint density at radius 1 is 1.61 bits per heavy atom. The third-order valence-electron chi connectivity index (χ3n) is 2.60. The van der Waals surface area contributed by atoms with E-state index in [2.05, 4.69) is 32.6 Å². The Kier molecular flexibility index (Phi) is 4.64. The van der Waals surface area contributed by atoms with Crippen LogP contribution in [0.25, 0.3) is 0 Å². The third kappa shape index (κ3) is 3.25. The van der Waals surface area contributed by atoms with Gasteiger partial charge in [-0.25, -0.2) is 0 Å². The van der Waals surface area contributed by atoms with Crippen LogP contribution in [-0.4, -0.2) is 30.0 Å². The summed E-state index contributed by atoms with van der Waals surface area (Å²) in [6.45, 7) is 0.840. The van der Waals surface area contributed by atoms with E-state index in [0.717, 1.165) is 22.5 Å². The maximum Gasteiger partial charge on any atom is 0.242 e. The quantitative estimate of drug-likeness (QED) is 0.872. The first-order valence-corrected chi connectivity index (χ1v) is 7.47. The van der Waals surface area contributed by atoms with E-state index in [1.807, 2.05) is 0 Å². The van der Waals surface area contributed by atoms with Crippen molar-refractivity contribution in [3.63, 3.8) is 0 Å². The molecule has 1 saturated heterocycles. The number of halogens is 1. The minimum absolute atomic E-state index is 0.0863. The summed E-state index contributed by atoms with van der Waals surface area (Å²) in [7, 11) is 0. The number of hydrogen-bond donors (Lipinski definition) is 2. The van der Waals surface area contributed by atoms with Crippen LogP contribution in [0.15, 0.2) is 22.7 Å². The summed E-state index contributed by atoms with van der Waals surface area (Å²) in [6, 6.07) is 7.09. The number of rotatable bonds is 2. The largest absolute Gasteiger partial charge is 0.323 e. The molecule has 2 N–H and O–H groups in total. The Hall–Kier alpha value is -1.03. The van der Waals surface area contributed by atoms with E-state index in [1.54, 1.807) is 30.0 Å². The highest BCUT2D eigenvalue weighted by atomic mass is 79.9. The predicted octanol–water partition coefficient (Wildman–Crippen LogP) is 1.96. The fourth-order valence-electron chi connectivity index (χ4n) is 1.67. The summed E-state index contributed by atoms with van der Waals surface area (Å²) < 4.78 is 0.836. The van der Waals surface area contributed by atoms with Crippen LogP contribution in [0, 0.1) is 11.3 Å². The van der Waals surface area contributed by atoms with Gasteiger partial charge in [-0.1, -0.05) is 15.9 Å². The Morgan fingerprint density at radius 3 is 3.11 bits per heavy atom. The van der Waals surface area contributed by atoms with E-state index >= 15 is 0 Å². The van der Waals surface area contributed by atoms with Crippen molar-refractivity contribution in [2.75, 3.05) is 23.4 Å². The van der Waals surface area contributed by atoms with Crippen LogP contribution >= 0.6 is 27.7 Å². The summed E-state index contributed by atoms with van der Waals surface area (Å²) in [5, 5.41) is 15.0. The van der Waals surface area contributed by atoms with Crippen molar-refractivity contribution in [3.8, 4) is 6.07 Å². The molecule has 1 unspecified atom stereocenters. The van der Waals surface area contributed by atoms with E-state index in [4.69, 9.17) is 5.26 Å². The zero-order valence-corrected chi connectivity index (χ0v) is 12.0. The second-order valence-electron chi connectivity index (χ2n) is 3.87. The van der Waals surface area contributed by atoms with Crippen molar-refractivity contribution in [2.24, 2.45) is 0 Å². The lowest BCUT2D eigenvalue weighted by atomic mass is 10.2. The van der Waals surface area contributed by atoms with Gasteiger partial charge in [-0.3, -0.25) is 4.79 Å². The molecule has 6 heteroatoms. The van der Waals surface area contributed by atoms with Gasteiger partial charge in [-0.15, -0.1) is 0 Å². The molecule has 1 atom stereocenters. The van der Waals surface area contributed by atoms with Crippen LogP contribution in [0.5, 0.6) is 0 Å². The van der Waals surface area contributed by atoms with Crippen LogP contribution in [0.3, 0.4) is 0 Å². The fourth-order valence-corrected chi connectivity index (χ4v) is 2.97. The summed E-state index contributed by atoms with van der Waals surface area (Å²) in [5.74, 6) is 1.71. The van der Waals surface area contributed by atoms with Gasteiger partial charge in [-0.05, 0) is 18.2 Å². The summed E-state index contributed by atoms with van der Waals surface area (Å²) in [6.07, 6.45) is 0. The first-order valence-electron chi connectivity index (χ1n) is 5.52. The molecule has 0 aromatic heterocycles. The molecule has 0 aliphatic carbocycles. The molecule has 1 aromatic rings. The van der Waals surface area contributed by atoms with Gasteiger partial charge in [0.05, 0.1) is 17.3 Å². The fraction of sp³-hybridized carbons (Fsp3) is 0.333. The number of anilines is 1. The normalized spacial score (nSPS) is 19.0. The first-order chi connectivity index (χ1) is 8.70. The lowest BCUT2D eigenvalue weighted by molar-refractivity contribution is -0.117. The highest BCUT2D eigenvalue weighted by molar-refractivity contribution is 9.10. The molecule has 0 saturated carbocycles. The van der Waals surface area contributed by atoms with E-state index in [9.17, 15) is 4.79 Å². The molecule has 1 aliphatic heterocycles. The molecule has 18 heavy (non-hydrogen) atoms. The Bertz CT molecular complexity index is 495. The van der Waals surface area contributed by atoms with Crippen LogP contribution in [0.1, 0.15) is 5.56 Å². The molecular formula is C12H12BrN3OS. The lowest BCUT2D eigenvalue weighted by Crippen LogP contribution is -2.46. The van der Waals surface area contributed by atoms with Crippen LogP contribution in [-0.2, 0) is 4.79 Å². The molecule has 4 nitrogen and oxygen atoms in total. The molecule has 2 rings (SSSR count). The Labute approximate surface area is 118 Å². The maximum absolute atomic E-state index is 12.0. The molecule has 1 amide bonds.